The number of hydrogen-bond donors (Lipinski definition) is 2. The van der Waals surface area contributed by atoms with Gasteiger partial charge in [0.1, 0.15) is 5.82 Å². The van der Waals surface area contributed by atoms with Gasteiger partial charge in [-0.3, -0.25) is 0 Å². The summed E-state index contributed by atoms with van der Waals surface area (Å²) in [6, 6.07) is 5.92. The number of alkyl halides is 3. The van der Waals surface area contributed by atoms with E-state index in [1.165, 1.54) is 0 Å². The molecule has 0 saturated heterocycles. The lowest BCUT2D eigenvalue weighted by molar-refractivity contribution is -0.141. The molecule has 2 N–H and O–H groups in total. The van der Waals surface area contributed by atoms with Gasteiger partial charge in [-0.1, -0.05) is 11.6 Å². The van der Waals surface area contributed by atoms with E-state index in [2.05, 4.69) is 20.6 Å². The molecule has 0 aliphatic heterocycles. The largest absolute Gasteiger partial charge is 0.433 e. The SMILES string of the molecule is CCNc1nc(Nc2ccc(Cl)c(C)c2)cc(C(F)(F)F)n1. The highest BCUT2D eigenvalue weighted by atomic mass is 35.5. The lowest BCUT2D eigenvalue weighted by Crippen LogP contribution is -2.13. The fourth-order valence-electron chi connectivity index (χ4n) is 1.76. The maximum absolute atomic E-state index is 12.9. The van der Waals surface area contributed by atoms with Gasteiger partial charge in [0.2, 0.25) is 5.95 Å². The van der Waals surface area contributed by atoms with Gasteiger partial charge in [0.05, 0.1) is 0 Å². The van der Waals surface area contributed by atoms with Gasteiger partial charge >= 0.3 is 6.18 Å². The molecule has 0 spiro atoms. The molecule has 1 heterocycles. The van der Waals surface area contributed by atoms with Crippen molar-refractivity contribution in [3.8, 4) is 0 Å². The summed E-state index contributed by atoms with van der Waals surface area (Å²) in [5.74, 6) is -0.0227. The summed E-state index contributed by atoms with van der Waals surface area (Å²) >= 11 is 5.92. The monoisotopic (exact) mass is 330 g/mol. The van der Waals surface area contributed by atoms with Gasteiger partial charge < -0.3 is 10.6 Å². The first-order valence-electron chi connectivity index (χ1n) is 6.53. The normalized spacial score (nSPS) is 11.4. The molecule has 0 fully saturated rings. The molecule has 8 heteroatoms. The minimum absolute atomic E-state index is 0.0556. The van der Waals surface area contributed by atoms with Crippen molar-refractivity contribution in [2.24, 2.45) is 0 Å². The van der Waals surface area contributed by atoms with Crippen molar-refractivity contribution in [2.75, 3.05) is 17.2 Å². The topological polar surface area (TPSA) is 49.8 Å². The molecule has 0 aliphatic rings. The molecule has 0 bridgehead atoms. The molecule has 118 valence electrons. The third-order valence-electron chi connectivity index (χ3n) is 2.78. The Kier molecular flexibility index (Phi) is 4.75. The first-order chi connectivity index (χ1) is 10.3. The van der Waals surface area contributed by atoms with Crippen LogP contribution in [0, 0.1) is 6.92 Å². The summed E-state index contributed by atoms with van der Waals surface area (Å²) in [7, 11) is 0. The lowest BCUT2D eigenvalue weighted by atomic mass is 10.2. The summed E-state index contributed by atoms with van der Waals surface area (Å²) in [5.41, 5.74) is 0.395. The maximum Gasteiger partial charge on any atom is 0.433 e. The molecule has 0 aliphatic carbocycles. The number of hydrogen-bond acceptors (Lipinski definition) is 4. The average Bonchev–Trinajstić information content (AvgIpc) is 2.42. The highest BCUT2D eigenvalue weighted by Crippen LogP contribution is 2.30. The molecule has 1 aromatic carbocycles. The van der Waals surface area contributed by atoms with Crippen molar-refractivity contribution in [1.82, 2.24) is 9.97 Å². The highest BCUT2D eigenvalue weighted by molar-refractivity contribution is 6.31. The Bertz CT molecular complexity index is 674. The fraction of sp³-hybridized carbons (Fsp3) is 0.286. The first kappa shape index (κ1) is 16.4. The van der Waals surface area contributed by atoms with Crippen molar-refractivity contribution in [3.63, 3.8) is 0 Å². The van der Waals surface area contributed by atoms with Crippen LogP contribution in [0.3, 0.4) is 0 Å². The van der Waals surface area contributed by atoms with E-state index in [1.54, 1.807) is 32.0 Å². The van der Waals surface area contributed by atoms with Crippen LogP contribution in [0.25, 0.3) is 0 Å². The predicted molar refractivity (Wildman–Crippen MR) is 80.7 cm³/mol. The lowest BCUT2D eigenvalue weighted by Gasteiger charge is -2.12. The molecule has 4 nitrogen and oxygen atoms in total. The van der Waals surface area contributed by atoms with Gasteiger partial charge in [0.25, 0.3) is 0 Å². The van der Waals surface area contributed by atoms with Crippen LogP contribution in [-0.4, -0.2) is 16.5 Å². The Morgan fingerprint density at radius 1 is 1.18 bits per heavy atom. The molecule has 2 rings (SSSR count). The van der Waals surface area contributed by atoms with Crippen LogP contribution in [0.1, 0.15) is 18.2 Å². The molecule has 0 unspecified atom stereocenters. The number of nitrogens with zero attached hydrogens (tertiary/aromatic N) is 2. The zero-order valence-corrected chi connectivity index (χ0v) is 12.7. The van der Waals surface area contributed by atoms with E-state index in [0.717, 1.165) is 11.6 Å². The first-order valence-corrected chi connectivity index (χ1v) is 6.90. The Morgan fingerprint density at radius 2 is 1.91 bits per heavy atom. The zero-order valence-electron chi connectivity index (χ0n) is 11.9. The van der Waals surface area contributed by atoms with E-state index in [0.29, 0.717) is 17.3 Å². The van der Waals surface area contributed by atoms with E-state index in [4.69, 9.17) is 11.6 Å². The van der Waals surface area contributed by atoms with E-state index >= 15 is 0 Å². The van der Waals surface area contributed by atoms with Crippen molar-refractivity contribution >= 4 is 29.1 Å². The van der Waals surface area contributed by atoms with E-state index in [9.17, 15) is 13.2 Å². The average molecular weight is 331 g/mol. The van der Waals surface area contributed by atoms with Gasteiger partial charge in [0.15, 0.2) is 5.69 Å². The van der Waals surface area contributed by atoms with Crippen LogP contribution in [0.15, 0.2) is 24.3 Å². The van der Waals surface area contributed by atoms with Crippen molar-refractivity contribution in [3.05, 3.63) is 40.5 Å². The Balaban J connectivity index is 2.36. The molecule has 22 heavy (non-hydrogen) atoms. The molecule has 0 atom stereocenters. The number of rotatable bonds is 4. The van der Waals surface area contributed by atoms with Crippen LogP contribution < -0.4 is 10.6 Å². The standard InChI is InChI=1S/C14H14ClF3N4/c1-3-19-13-21-11(14(16,17)18)7-12(22-13)20-9-4-5-10(15)8(2)6-9/h4-7H,3H2,1-2H3,(H2,19,20,21,22). The van der Waals surface area contributed by atoms with Crippen LogP contribution in [-0.2, 0) is 6.18 Å². The van der Waals surface area contributed by atoms with Crippen LogP contribution in [0.4, 0.5) is 30.6 Å². The minimum atomic E-state index is -4.54. The van der Waals surface area contributed by atoms with Crippen molar-refractivity contribution in [1.29, 1.82) is 0 Å². The third kappa shape index (κ3) is 4.00. The summed E-state index contributed by atoms with van der Waals surface area (Å²) in [5, 5.41) is 6.10. The Morgan fingerprint density at radius 3 is 2.50 bits per heavy atom. The van der Waals surface area contributed by atoms with Gasteiger partial charge in [-0.25, -0.2) is 4.98 Å². The zero-order chi connectivity index (χ0) is 16.3. The highest BCUT2D eigenvalue weighted by Gasteiger charge is 2.33. The molecule has 0 saturated carbocycles. The summed E-state index contributed by atoms with van der Waals surface area (Å²) < 4.78 is 38.6. The van der Waals surface area contributed by atoms with E-state index in [-0.39, 0.29) is 11.8 Å². The second-order valence-corrected chi connectivity index (χ2v) is 4.99. The molecule has 0 amide bonds. The van der Waals surface area contributed by atoms with Gasteiger partial charge in [-0.05, 0) is 37.6 Å². The second kappa shape index (κ2) is 6.39. The van der Waals surface area contributed by atoms with Crippen molar-refractivity contribution in [2.45, 2.75) is 20.0 Å². The van der Waals surface area contributed by atoms with Gasteiger partial charge in [-0.15, -0.1) is 0 Å². The maximum atomic E-state index is 12.9. The molecule has 0 radical (unpaired) electrons. The number of halogens is 4. The smallest absolute Gasteiger partial charge is 0.354 e. The quantitative estimate of drug-likeness (QED) is 0.858. The summed E-state index contributed by atoms with van der Waals surface area (Å²) in [4.78, 5) is 7.48. The number of anilines is 3. The minimum Gasteiger partial charge on any atom is -0.354 e. The van der Waals surface area contributed by atoms with E-state index in [1.807, 2.05) is 0 Å². The Hall–Kier alpha value is -2.02. The number of aromatic nitrogens is 2. The van der Waals surface area contributed by atoms with Gasteiger partial charge in [0, 0.05) is 23.3 Å². The van der Waals surface area contributed by atoms with Crippen molar-refractivity contribution < 1.29 is 13.2 Å². The number of nitrogens with one attached hydrogen (secondary N) is 2. The predicted octanol–water partition coefficient (Wildman–Crippen LogP) is 4.63. The summed E-state index contributed by atoms with van der Waals surface area (Å²) in [6.07, 6.45) is -4.54. The van der Waals surface area contributed by atoms with Crippen LogP contribution in [0.5, 0.6) is 0 Å². The molecular formula is C14H14ClF3N4. The molecular weight excluding hydrogens is 317 g/mol. The van der Waals surface area contributed by atoms with Crippen LogP contribution >= 0.6 is 11.6 Å². The number of aryl methyl sites for hydroxylation is 1. The van der Waals surface area contributed by atoms with Crippen LogP contribution in [0.2, 0.25) is 5.02 Å². The van der Waals surface area contributed by atoms with E-state index < -0.39 is 11.9 Å². The second-order valence-electron chi connectivity index (χ2n) is 4.58. The molecule has 2 aromatic rings. The Labute approximate surface area is 130 Å². The number of benzene rings is 1. The van der Waals surface area contributed by atoms with Gasteiger partial charge in [-0.2, -0.15) is 18.2 Å². The third-order valence-corrected chi connectivity index (χ3v) is 3.21. The molecule has 1 aromatic heterocycles. The summed E-state index contributed by atoms with van der Waals surface area (Å²) in [6.45, 7) is 3.97. The fourth-order valence-corrected chi connectivity index (χ4v) is 1.88.